The van der Waals surface area contributed by atoms with E-state index in [0.717, 1.165) is 0 Å². The summed E-state index contributed by atoms with van der Waals surface area (Å²) in [6.07, 6.45) is 0. The molecule has 0 aromatic heterocycles. The number of aryl methyl sites for hydroxylation is 1. The van der Waals surface area contributed by atoms with Crippen LogP contribution in [-0.4, -0.2) is 12.1 Å². The molecule has 1 aliphatic rings. The lowest BCUT2D eigenvalue weighted by Gasteiger charge is -2.01. The van der Waals surface area contributed by atoms with E-state index in [2.05, 4.69) is 0 Å². The molecule has 0 unspecified atom stereocenters. The average Bonchev–Trinajstić information content (AvgIpc) is 2.41. The van der Waals surface area contributed by atoms with Crippen molar-refractivity contribution in [3.63, 3.8) is 0 Å². The predicted molar refractivity (Wildman–Crippen MR) is 43.5 cm³/mol. The highest BCUT2D eigenvalue weighted by Crippen LogP contribution is 2.16. The Balaban J connectivity index is 2.60. The maximum Gasteiger partial charge on any atom is 0.491 e. The van der Waals surface area contributed by atoms with Gasteiger partial charge in [-0.1, -0.05) is 12.1 Å². The lowest BCUT2D eigenvalue weighted by molar-refractivity contribution is 0.272. The predicted octanol–water partition coefficient (Wildman–Crippen LogP) is 0.352. The highest BCUT2D eigenvalue weighted by atomic mass is 19.1. The minimum atomic E-state index is -0.949. The van der Waals surface area contributed by atoms with E-state index in [1.165, 1.54) is 0 Å². The van der Waals surface area contributed by atoms with Gasteiger partial charge in [-0.2, -0.15) is 0 Å². The molecule has 1 aliphatic heterocycles. The number of fused-ring (bicyclic) bond motifs is 1. The first kappa shape index (κ1) is 7.77. The summed E-state index contributed by atoms with van der Waals surface area (Å²) in [6.45, 7) is 1.87. The van der Waals surface area contributed by atoms with Crippen molar-refractivity contribution in [1.29, 1.82) is 0 Å². The van der Waals surface area contributed by atoms with Gasteiger partial charge in [0.15, 0.2) is 0 Å². The first-order valence-corrected chi connectivity index (χ1v) is 3.77. The zero-order valence-corrected chi connectivity index (χ0v) is 6.67. The van der Waals surface area contributed by atoms with E-state index in [0.29, 0.717) is 16.6 Å². The molecule has 2 rings (SSSR count). The molecule has 2 nitrogen and oxygen atoms in total. The summed E-state index contributed by atoms with van der Waals surface area (Å²) < 4.78 is 18.2. The SMILES string of the molecule is Cc1ccc2c(c1F)COB2O. The Kier molecular flexibility index (Phi) is 1.66. The second kappa shape index (κ2) is 2.57. The van der Waals surface area contributed by atoms with Crippen molar-refractivity contribution < 1.29 is 14.1 Å². The Hall–Kier alpha value is -0.865. The molecule has 4 heteroatoms. The Bertz CT molecular complexity index is 327. The van der Waals surface area contributed by atoms with Gasteiger partial charge >= 0.3 is 7.12 Å². The molecule has 0 amide bonds. The molecule has 1 aromatic carbocycles. The molecular formula is C8H8BFO2. The maximum absolute atomic E-state index is 13.3. The minimum absolute atomic E-state index is 0.171. The van der Waals surface area contributed by atoms with Crippen LogP contribution in [0.2, 0.25) is 0 Å². The second-order valence-electron chi connectivity index (χ2n) is 2.93. The fourth-order valence-corrected chi connectivity index (χ4v) is 1.38. The van der Waals surface area contributed by atoms with Crippen molar-refractivity contribution in [1.82, 2.24) is 0 Å². The Labute approximate surface area is 70.1 Å². The van der Waals surface area contributed by atoms with Gasteiger partial charge in [0.1, 0.15) is 5.82 Å². The summed E-state index contributed by atoms with van der Waals surface area (Å²) in [5, 5.41) is 9.21. The highest BCUT2D eigenvalue weighted by Gasteiger charge is 2.29. The van der Waals surface area contributed by atoms with Gasteiger partial charge in [-0.3, -0.25) is 0 Å². The highest BCUT2D eigenvalue weighted by molar-refractivity contribution is 6.61. The van der Waals surface area contributed by atoms with E-state index in [-0.39, 0.29) is 12.4 Å². The van der Waals surface area contributed by atoms with E-state index >= 15 is 0 Å². The van der Waals surface area contributed by atoms with E-state index in [1.807, 2.05) is 0 Å². The van der Waals surface area contributed by atoms with Crippen LogP contribution in [0, 0.1) is 12.7 Å². The first-order valence-electron chi connectivity index (χ1n) is 3.77. The third kappa shape index (κ3) is 0.957. The molecular weight excluding hydrogens is 158 g/mol. The molecule has 0 spiro atoms. The van der Waals surface area contributed by atoms with E-state index in [1.54, 1.807) is 19.1 Å². The van der Waals surface area contributed by atoms with Gasteiger partial charge in [-0.15, -0.1) is 0 Å². The van der Waals surface area contributed by atoms with Crippen LogP contribution < -0.4 is 5.46 Å². The van der Waals surface area contributed by atoms with Gasteiger partial charge in [0, 0.05) is 5.56 Å². The van der Waals surface area contributed by atoms with Crippen LogP contribution in [0.5, 0.6) is 0 Å². The fourth-order valence-electron chi connectivity index (χ4n) is 1.38. The smallest absolute Gasteiger partial charge is 0.423 e. The lowest BCUT2D eigenvalue weighted by atomic mass is 9.79. The molecule has 0 bridgehead atoms. The van der Waals surface area contributed by atoms with Crippen molar-refractivity contribution in [3.8, 4) is 0 Å². The molecule has 1 heterocycles. The quantitative estimate of drug-likeness (QED) is 0.563. The molecule has 1 N–H and O–H groups in total. The van der Waals surface area contributed by atoms with Crippen molar-refractivity contribution in [3.05, 3.63) is 29.1 Å². The number of hydrogen-bond acceptors (Lipinski definition) is 2. The fraction of sp³-hybridized carbons (Fsp3) is 0.250. The summed E-state index contributed by atoms with van der Waals surface area (Å²) in [7, 11) is -0.949. The average molecular weight is 166 g/mol. The van der Waals surface area contributed by atoms with Crippen LogP contribution in [-0.2, 0) is 11.3 Å². The molecule has 0 saturated carbocycles. The number of hydrogen-bond donors (Lipinski definition) is 1. The first-order chi connectivity index (χ1) is 5.70. The number of rotatable bonds is 0. The topological polar surface area (TPSA) is 29.5 Å². The summed E-state index contributed by atoms with van der Waals surface area (Å²) in [4.78, 5) is 0. The minimum Gasteiger partial charge on any atom is -0.423 e. The summed E-state index contributed by atoms with van der Waals surface area (Å²) in [6, 6.07) is 3.34. The normalized spacial score (nSPS) is 15.1. The summed E-state index contributed by atoms with van der Waals surface area (Å²) >= 11 is 0. The van der Waals surface area contributed by atoms with Crippen LogP contribution in [0.3, 0.4) is 0 Å². The maximum atomic E-state index is 13.3. The zero-order chi connectivity index (χ0) is 8.72. The van der Waals surface area contributed by atoms with Gasteiger partial charge < -0.3 is 9.68 Å². The molecule has 0 radical (unpaired) electrons. The molecule has 0 atom stereocenters. The molecule has 0 fully saturated rings. The van der Waals surface area contributed by atoms with Crippen LogP contribution in [0.1, 0.15) is 11.1 Å². The Morgan fingerprint density at radius 3 is 3.08 bits per heavy atom. The van der Waals surface area contributed by atoms with Gasteiger partial charge in [0.05, 0.1) is 6.61 Å². The monoisotopic (exact) mass is 166 g/mol. The second-order valence-corrected chi connectivity index (χ2v) is 2.93. The van der Waals surface area contributed by atoms with Gasteiger partial charge in [0.25, 0.3) is 0 Å². The Morgan fingerprint density at radius 2 is 2.33 bits per heavy atom. The van der Waals surface area contributed by atoms with Gasteiger partial charge in [0.2, 0.25) is 0 Å². The van der Waals surface area contributed by atoms with Crippen molar-refractivity contribution in [2.45, 2.75) is 13.5 Å². The summed E-state index contributed by atoms with van der Waals surface area (Å²) in [5.74, 6) is -0.260. The number of benzene rings is 1. The zero-order valence-electron chi connectivity index (χ0n) is 6.67. The number of halogens is 1. The van der Waals surface area contributed by atoms with Gasteiger partial charge in [-0.25, -0.2) is 4.39 Å². The van der Waals surface area contributed by atoms with E-state index in [4.69, 9.17) is 4.65 Å². The standard InChI is InChI=1S/C8H8BFO2/c1-5-2-3-7-6(8(5)10)4-12-9(7)11/h2-3,11H,4H2,1H3. The molecule has 1 aromatic rings. The van der Waals surface area contributed by atoms with Crippen molar-refractivity contribution in [2.24, 2.45) is 0 Å². The Morgan fingerprint density at radius 1 is 1.58 bits per heavy atom. The molecule has 62 valence electrons. The lowest BCUT2D eigenvalue weighted by Crippen LogP contribution is -2.28. The largest absolute Gasteiger partial charge is 0.491 e. The van der Waals surface area contributed by atoms with Crippen LogP contribution in [0.4, 0.5) is 4.39 Å². The van der Waals surface area contributed by atoms with Crippen LogP contribution in [0.15, 0.2) is 12.1 Å². The van der Waals surface area contributed by atoms with E-state index in [9.17, 15) is 9.41 Å². The van der Waals surface area contributed by atoms with Crippen molar-refractivity contribution in [2.75, 3.05) is 0 Å². The molecule has 0 aliphatic carbocycles. The van der Waals surface area contributed by atoms with Crippen LogP contribution >= 0.6 is 0 Å². The molecule has 12 heavy (non-hydrogen) atoms. The third-order valence-corrected chi connectivity index (χ3v) is 2.12. The summed E-state index contributed by atoms with van der Waals surface area (Å²) in [5.41, 5.74) is 1.63. The third-order valence-electron chi connectivity index (χ3n) is 2.12. The van der Waals surface area contributed by atoms with E-state index < -0.39 is 7.12 Å². The molecule has 0 saturated heterocycles. The van der Waals surface area contributed by atoms with Crippen LogP contribution in [0.25, 0.3) is 0 Å². The van der Waals surface area contributed by atoms with Gasteiger partial charge in [-0.05, 0) is 17.9 Å². The van der Waals surface area contributed by atoms with Crippen molar-refractivity contribution >= 4 is 12.6 Å².